The highest BCUT2D eigenvalue weighted by molar-refractivity contribution is 5.24. The molecule has 1 fully saturated rings. The first-order valence-corrected chi connectivity index (χ1v) is 6.86. The summed E-state index contributed by atoms with van der Waals surface area (Å²) in [5.41, 5.74) is 2.95. The maximum Gasteiger partial charge on any atom is -0.0162 e. The third-order valence-electron chi connectivity index (χ3n) is 4.09. The van der Waals surface area contributed by atoms with Gasteiger partial charge in [-0.15, -0.1) is 0 Å². The largest absolute Gasteiger partial charge is 0.0654 e. The topological polar surface area (TPSA) is 0 Å². The normalized spacial score (nSPS) is 25.6. The van der Waals surface area contributed by atoms with Crippen molar-refractivity contribution in [1.82, 2.24) is 0 Å². The zero-order chi connectivity index (χ0) is 11.4. The minimum atomic E-state index is 0.841. The van der Waals surface area contributed by atoms with Crippen LogP contribution in [0.15, 0.2) is 24.3 Å². The van der Waals surface area contributed by atoms with Gasteiger partial charge in [-0.25, -0.2) is 0 Å². The van der Waals surface area contributed by atoms with Gasteiger partial charge in [0.1, 0.15) is 0 Å². The summed E-state index contributed by atoms with van der Waals surface area (Å²) in [6, 6.07) is 9.18. The van der Waals surface area contributed by atoms with E-state index in [9.17, 15) is 0 Å². The molecule has 0 unspecified atom stereocenters. The van der Waals surface area contributed by atoms with Crippen molar-refractivity contribution in [3.8, 4) is 0 Å². The predicted molar refractivity (Wildman–Crippen MR) is 70.8 cm³/mol. The fourth-order valence-corrected chi connectivity index (χ4v) is 3.03. The Bertz CT molecular complexity index is 301. The van der Waals surface area contributed by atoms with Crippen LogP contribution in [0.5, 0.6) is 0 Å². The average Bonchev–Trinajstić information content (AvgIpc) is 2.32. The van der Waals surface area contributed by atoms with E-state index in [1.54, 1.807) is 5.56 Å². The van der Waals surface area contributed by atoms with Crippen molar-refractivity contribution in [3.05, 3.63) is 35.4 Å². The molecule has 2 rings (SSSR count). The van der Waals surface area contributed by atoms with Crippen LogP contribution in [-0.2, 0) is 0 Å². The molecule has 0 spiro atoms. The molecule has 0 heterocycles. The van der Waals surface area contributed by atoms with Crippen molar-refractivity contribution in [3.63, 3.8) is 0 Å². The quantitative estimate of drug-likeness (QED) is 0.662. The van der Waals surface area contributed by atoms with Crippen LogP contribution in [0.2, 0.25) is 0 Å². The van der Waals surface area contributed by atoms with E-state index in [1.165, 1.54) is 44.1 Å². The third kappa shape index (κ3) is 2.87. The van der Waals surface area contributed by atoms with Crippen molar-refractivity contribution in [2.75, 3.05) is 0 Å². The fourth-order valence-electron chi connectivity index (χ4n) is 3.03. The molecule has 88 valence electrons. The number of rotatable bonds is 3. The lowest BCUT2D eigenvalue weighted by Crippen LogP contribution is -2.13. The summed E-state index contributed by atoms with van der Waals surface area (Å²) >= 11 is 0. The van der Waals surface area contributed by atoms with E-state index < -0.39 is 0 Å². The summed E-state index contributed by atoms with van der Waals surface area (Å²) < 4.78 is 0. The lowest BCUT2D eigenvalue weighted by atomic mass is 9.77. The lowest BCUT2D eigenvalue weighted by Gasteiger charge is -2.28. The Morgan fingerprint density at radius 2 is 1.62 bits per heavy atom. The monoisotopic (exact) mass is 216 g/mol. The van der Waals surface area contributed by atoms with Gasteiger partial charge in [-0.2, -0.15) is 0 Å². The van der Waals surface area contributed by atoms with Crippen LogP contribution in [0, 0.1) is 12.8 Å². The van der Waals surface area contributed by atoms with E-state index in [4.69, 9.17) is 0 Å². The Morgan fingerprint density at radius 3 is 2.19 bits per heavy atom. The molecule has 0 bridgehead atoms. The average molecular weight is 216 g/mol. The summed E-state index contributed by atoms with van der Waals surface area (Å²) in [4.78, 5) is 0. The molecule has 0 aliphatic heterocycles. The van der Waals surface area contributed by atoms with Gasteiger partial charge in [-0.1, -0.05) is 49.6 Å². The van der Waals surface area contributed by atoms with Crippen LogP contribution in [-0.4, -0.2) is 0 Å². The highest BCUT2D eigenvalue weighted by Crippen LogP contribution is 2.37. The Hall–Kier alpha value is -0.780. The van der Waals surface area contributed by atoms with Gasteiger partial charge in [0, 0.05) is 0 Å². The zero-order valence-corrected chi connectivity index (χ0v) is 10.7. The van der Waals surface area contributed by atoms with Gasteiger partial charge in [-0.3, -0.25) is 0 Å². The van der Waals surface area contributed by atoms with E-state index in [-0.39, 0.29) is 0 Å². The third-order valence-corrected chi connectivity index (χ3v) is 4.09. The maximum atomic E-state index is 2.33. The second kappa shape index (κ2) is 5.52. The molecule has 0 amide bonds. The molecule has 1 aliphatic rings. The summed E-state index contributed by atoms with van der Waals surface area (Å²) in [6.07, 6.45) is 8.53. The molecule has 0 heteroatoms. The summed E-state index contributed by atoms with van der Waals surface area (Å²) in [7, 11) is 0. The summed E-state index contributed by atoms with van der Waals surface area (Å²) in [6.45, 7) is 4.48. The second-order valence-electron chi connectivity index (χ2n) is 5.42. The van der Waals surface area contributed by atoms with Crippen molar-refractivity contribution >= 4 is 0 Å². The molecule has 0 saturated heterocycles. The molecule has 1 aromatic carbocycles. The fraction of sp³-hybridized carbons (Fsp3) is 0.625. The highest BCUT2D eigenvalue weighted by Gasteiger charge is 2.21. The van der Waals surface area contributed by atoms with Gasteiger partial charge in [-0.05, 0) is 50.0 Å². The molecule has 0 atom stereocenters. The van der Waals surface area contributed by atoms with Gasteiger partial charge in [0.2, 0.25) is 0 Å². The van der Waals surface area contributed by atoms with Crippen LogP contribution < -0.4 is 0 Å². The maximum absolute atomic E-state index is 2.33. The SMILES string of the molecule is CCCC1CCC(c2ccc(C)cc2)CC1. The van der Waals surface area contributed by atoms with Crippen LogP contribution in [0.25, 0.3) is 0 Å². The van der Waals surface area contributed by atoms with E-state index in [0.717, 1.165) is 11.8 Å². The van der Waals surface area contributed by atoms with E-state index in [2.05, 4.69) is 38.1 Å². The van der Waals surface area contributed by atoms with Gasteiger partial charge >= 0.3 is 0 Å². The lowest BCUT2D eigenvalue weighted by molar-refractivity contribution is 0.308. The van der Waals surface area contributed by atoms with E-state index >= 15 is 0 Å². The zero-order valence-electron chi connectivity index (χ0n) is 10.7. The van der Waals surface area contributed by atoms with Gasteiger partial charge < -0.3 is 0 Å². The number of hydrogen-bond acceptors (Lipinski definition) is 0. The highest BCUT2D eigenvalue weighted by atomic mass is 14.3. The van der Waals surface area contributed by atoms with Crippen LogP contribution in [0.4, 0.5) is 0 Å². The van der Waals surface area contributed by atoms with Crippen molar-refractivity contribution in [1.29, 1.82) is 0 Å². The molecule has 0 radical (unpaired) electrons. The standard InChI is InChI=1S/C16H24/c1-3-4-14-7-11-16(12-8-14)15-9-5-13(2)6-10-15/h5-6,9-10,14,16H,3-4,7-8,11-12H2,1-2H3. The molecule has 1 aliphatic carbocycles. The minimum absolute atomic E-state index is 0.841. The molecule has 0 N–H and O–H groups in total. The predicted octanol–water partition coefficient (Wildman–Crippen LogP) is 5.07. The minimum Gasteiger partial charge on any atom is -0.0654 e. The Morgan fingerprint density at radius 1 is 1.00 bits per heavy atom. The van der Waals surface area contributed by atoms with Crippen molar-refractivity contribution < 1.29 is 0 Å². The summed E-state index contributed by atoms with van der Waals surface area (Å²) in [5.74, 6) is 1.86. The Labute approximate surface area is 100 Å². The van der Waals surface area contributed by atoms with Crippen molar-refractivity contribution in [2.24, 2.45) is 5.92 Å². The number of benzene rings is 1. The first kappa shape index (κ1) is 11.7. The second-order valence-corrected chi connectivity index (χ2v) is 5.42. The molecule has 0 aromatic heterocycles. The van der Waals surface area contributed by atoms with Crippen molar-refractivity contribution in [2.45, 2.75) is 58.3 Å². The Kier molecular flexibility index (Phi) is 4.04. The smallest absolute Gasteiger partial charge is 0.0162 e. The molecular formula is C16H24. The summed E-state index contributed by atoms with van der Waals surface area (Å²) in [5, 5.41) is 0. The molecule has 1 saturated carbocycles. The van der Waals surface area contributed by atoms with Crippen LogP contribution >= 0.6 is 0 Å². The first-order valence-electron chi connectivity index (χ1n) is 6.86. The van der Waals surface area contributed by atoms with Gasteiger partial charge in [0.05, 0.1) is 0 Å². The van der Waals surface area contributed by atoms with Crippen LogP contribution in [0.3, 0.4) is 0 Å². The molecular weight excluding hydrogens is 192 g/mol. The molecule has 0 nitrogen and oxygen atoms in total. The van der Waals surface area contributed by atoms with Gasteiger partial charge in [0.15, 0.2) is 0 Å². The number of hydrogen-bond donors (Lipinski definition) is 0. The Balaban J connectivity index is 1.91. The van der Waals surface area contributed by atoms with Gasteiger partial charge in [0.25, 0.3) is 0 Å². The first-order chi connectivity index (χ1) is 7.79. The molecule has 1 aromatic rings. The van der Waals surface area contributed by atoms with Crippen LogP contribution in [0.1, 0.15) is 62.5 Å². The van der Waals surface area contributed by atoms with E-state index in [0.29, 0.717) is 0 Å². The van der Waals surface area contributed by atoms with E-state index in [1.807, 2.05) is 0 Å². The molecule has 16 heavy (non-hydrogen) atoms. The number of aryl methyl sites for hydroxylation is 1.